The molecule has 0 bridgehead atoms. The molecule has 1 fully saturated rings. The largest absolute Gasteiger partial charge is 0.396 e. The molecule has 0 radical (unpaired) electrons. The van der Waals surface area contributed by atoms with E-state index in [0.717, 1.165) is 29.7 Å². The predicted octanol–water partition coefficient (Wildman–Crippen LogP) is 3.36. The third kappa shape index (κ3) is 3.78. The monoisotopic (exact) mass is 424 g/mol. The Morgan fingerprint density at radius 1 is 1.13 bits per heavy atom. The van der Waals surface area contributed by atoms with Crippen LogP contribution in [0.5, 0.6) is 0 Å². The molecule has 30 heavy (non-hydrogen) atoms. The lowest BCUT2D eigenvalue weighted by atomic mass is 9.82. The maximum Gasteiger partial charge on any atom is 0.269 e. The highest BCUT2D eigenvalue weighted by molar-refractivity contribution is 7.90. The van der Waals surface area contributed by atoms with Crippen molar-refractivity contribution >= 4 is 26.7 Å². The van der Waals surface area contributed by atoms with E-state index in [2.05, 4.69) is 16.4 Å². The number of nitrogens with one attached hydrogen (secondary N) is 1. The molecule has 156 valence electrons. The first kappa shape index (κ1) is 20.4. The zero-order valence-corrected chi connectivity index (χ0v) is 17.3. The van der Waals surface area contributed by atoms with Crippen LogP contribution in [0, 0.1) is 23.2 Å². The molecule has 0 aliphatic heterocycles. The molecule has 0 atom stereocenters. The molecule has 0 saturated heterocycles. The molecule has 0 amide bonds. The van der Waals surface area contributed by atoms with Crippen LogP contribution in [0.1, 0.15) is 31.2 Å². The Balaban J connectivity index is 1.65. The fourth-order valence-electron chi connectivity index (χ4n) is 4.10. The number of anilines is 1. The van der Waals surface area contributed by atoms with Gasteiger partial charge in [0.25, 0.3) is 10.0 Å². The zero-order chi connectivity index (χ0) is 21.1. The topological polar surface area (TPSA) is 108 Å². The summed E-state index contributed by atoms with van der Waals surface area (Å²) in [6.07, 6.45) is 6.97. The second-order valence-corrected chi connectivity index (χ2v) is 9.59. The molecule has 8 heteroatoms. The maximum atomic E-state index is 13.1. The van der Waals surface area contributed by atoms with Gasteiger partial charge >= 0.3 is 0 Å². The number of pyridine rings is 1. The smallest absolute Gasteiger partial charge is 0.269 e. The van der Waals surface area contributed by atoms with Gasteiger partial charge in [-0.1, -0.05) is 18.2 Å². The lowest BCUT2D eigenvalue weighted by Crippen LogP contribution is -2.23. The first-order chi connectivity index (χ1) is 14.5. The number of aliphatic hydroxyl groups excluding tert-OH is 1. The standard InChI is InChI=1S/C22H24N4O3S/c23-12-18-14-25-22-20(21(18)24-13-16-6-8-17(15-27)9-7-16)10-11-26(22)30(28,29)19-4-2-1-3-5-19/h1-5,10-11,14,16-17,27H,6-9,13,15H2,(H,24,25). The van der Waals surface area contributed by atoms with Crippen molar-refractivity contribution in [2.45, 2.75) is 30.6 Å². The Morgan fingerprint density at radius 2 is 1.83 bits per heavy atom. The summed E-state index contributed by atoms with van der Waals surface area (Å²) >= 11 is 0. The molecular formula is C22H24N4O3S. The Hall–Kier alpha value is -2.89. The fraction of sp³-hybridized carbons (Fsp3) is 0.364. The van der Waals surface area contributed by atoms with Crippen molar-refractivity contribution in [3.63, 3.8) is 0 Å². The number of aromatic nitrogens is 2. The van der Waals surface area contributed by atoms with Gasteiger partial charge in [-0.2, -0.15) is 5.26 Å². The van der Waals surface area contributed by atoms with Gasteiger partial charge in [-0.3, -0.25) is 0 Å². The average Bonchev–Trinajstić information content (AvgIpc) is 3.23. The van der Waals surface area contributed by atoms with Crippen LogP contribution < -0.4 is 5.32 Å². The molecular weight excluding hydrogens is 400 g/mol. The van der Waals surface area contributed by atoms with E-state index in [0.29, 0.717) is 40.7 Å². The van der Waals surface area contributed by atoms with Crippen molar-refractivity contribution in [2.75, 3.05) is 18.5 Å². The lowest BCUT2D eigenvalue weighted by Gasteiger charge is -2.27. The minimum absolute atomic E-state index is 0.184. The fourth-order valence-corrected chi connectivity index (χ4v) is 5.43. The van der Waals surface area contributed by atoms with Gasteiger partial charge in [0.1, 0.15) is 6.07 Å². The van der Waals surface area contributed by atoms with Crippen molar-refractivity contribution in [3.8, 4) is 6.07 Å². The van der Waals surface area contributed by atoms with Crippen molar-refractivity contribution in [3.05, 3.63) is 54.4 Å². The lowest BCUT2D eigenvalue weighted by molar-refractivity contribution is 0.170. The molecule has 2 aromatic heterocycles. The van der Waals surface area contributed by atoms with Gasteiger partial charge in [-0.25, -0.2) is 17.4 Å². The van der Waals surface area contributed by atoms with Crippen molar-refractivity contribution in [1.29, 1.82) is 5.26 Å². The number of fused-ring (bicyclic) bond motifs is 1. The number of rotatable bonds is 6. The first-order valence-corrected chi connectivity index (χ1v) is 11.5. The number of nitrogens with zero attached hydrogens (tertiary/aromatic N) is 3. The predicted molar refractivity (Wildman–Crippen MR) is 114 cm³/mol. The van der Waals surface area contributed by atoms with Crippen LogP contribution in [0.3, 0.4) is 0 Å². The number of hydrogen-bond acceptors (Lipinski definition) is 6. The molecule has 1 aliphatic carbocycles. The Bertz CT molecular complexity index is 1170. The quantitative estimate of drug-likeness (QED) is 0.628. The van der Waals surface area contributed by atoms with Gasteiger partial charge in [-0.05, 0) is 55.7 Å². The molecule has 1 aliphatic rings. The third-order valence-electron chi connectivity index (χ3n) is 5.89. The summed E-state index contributed by atoms with van der Waals surface area (Å²) in [7, 11) is -3.78. The summed E-state index contributed by atoms with van der Waals surface area (Å²) < 4.78 is 27.3. The van der Waals surface area contributed by atoms with Crippen molar-refractivity contribution < 1.29 is 13.5 Å². The van der Waals surface area contributed by atoms with Crippen LogP contribution in [0.2, 0.25) is 0 Å². The Kier molecular flexibility index (Phi) is 5.75. The molecule has 2 N–H and O–H groups in total. The highest BCUT2D eigenvalue weighted by Gasteiger charge is 2.23. The summed E-state index contributed by atoms with van der Waals surface area (Å²) in [5, 5.41) is 22.8. The SMILES string of the molecule is N#Cc1cnc2c(ccn2S(=O)(=O)c2ccccc2)c1NCC1CCC(CO)CC1. The number of nitriles is 1. The average molecular weight is 425 g/mol. The Morgan fingerprint density at radius 3 is 2.50 bits per heavy atom. The second-order valence-electron chi connectivity index (χ2n) is 7.78. The highest BCUT2D eigenvalue weighted by Crippen LogP contribution is 2.32. The van der Waals surface area contributed by atoms with E-state index in [9.17, 15) is 18.8 Å². The van der Waals surface area contributed by atoms with E-state index in [-0.39, 0.29) is 11.5 Å². The summed E-state index contributed by atoms with van der Waals surface area (Å²) in [6.45, 7) is 0.940. The van der Waals surface area contributed by atoms with E-state index in [1.807, 2.05) is 0 Å². The minimum atomic E-state index is -3.78. The maximum absolute atomic E-state index is 13.1. The number of aliphatic hydroxyl groups is 1. The van der Waals surface area contributed by atoms with E-state index in [4.69, 9.17) is 0 Å². The minimum Gasteiger partial charge on any atom is -0.396 e. The van der Waals surface area contributed by atoms with Gasteiger partial charge in [0.05, 0.1) is 16.1 Å². The molecule has 2 heterocycles. The van der Waals surface area contributed by atoms with E-state index < -0.39 is 10.0 Å². The Labute approximate surface area is 176 Å². The molecule has 4 rings (SSSR count). The van der Waals surface area contributed by atoms with Crippen LogP contribution in [0.4, 0.5) is 5.69 Å². The molecule has 0 spiro atoms. The zero-order valence-electron chi connectivity index (χ0n) is 16.5. The van der Waals surface area contributed by atoms with E-state index in [1.54, 1.807) is 36.4 Å². The summed E-state index contributed by atoms with van der Waals surface area (Å²) in [6, 6.07) is 12.1. The first-order valence-electron chi connectivity index (χ1n) is 10.1. The van der Waals surface area contributed by atoms with Crippen LogP contribution in [-0.4, -0.2) is 35.6 Å². The van der Waals surface area contributed by atoms with Crippen molar-refractivity contribution in [2.24, 2.45) is 11.8 Å². The molecule has 3 aromatic rings. The summed E-state index contributed by atoms with van der Waals surface area (Å²) in [5.74, 6) is 0.846. The van der Waals surface area contributed by atoms with Crippen LogP contribution in [0.15, 0.2) is 53.7 Å². The third-order valence-corrected chi connectivity index (χ3v) is 7.57. The number of benzene rings is 1. The molecule has 7 nitrogen and oxygen atoms in total. The highest BCUT2D eigenvalue weighted by atomic mass is 32.2. The van der Waals surface area contributed by atoms with Gasteiger partial charge in [0.2, 0.25) is 0 Å². The second kappa shape index (κ2) is 8.46. The molecule has 0 unspecified atom stereocenters. The molecule has 1 saturated carbocycles. The van der Waals surface area contributed by atoms with Gasteiger partial charge < -0.3 is 10.4 Å². The summed E-state index contributed by atoms with van der Waals surface area (Å²) in [5.41, 5.74) is 1.31. The van der Waals surface area contributed by atoms with E-state index >= 15 is 0 Å². The normalized spacial score (nSPS) is 19.5. The van der Waals surface area contributed by atoms with Gasteiger partial charge in [0.15, 0.2) is 5.65 Å². The van der Waals surface area contributed by atoms with Gasteiger partial charge in [0, 0.05) is 30.9 Å². The summed E-state index contributed by atoms with van der Waals surface area (Å²) in [4.78, 5) is 4.46. The van der Waals surface area contributed by atoms with Crippen molar-refractivity contribution in [1.82, 2.24) is 8.96 Å². The van der Waals surface area contributed by atoms with Crippen LogP contribution >= 0.6 is 0 Å². The van der Waals surface area contributed by atoms with Crippen LogP contribution in [-0.2, 0) is 10.0 Å². The number of hydrogen-bond donors (Lipinski definition) is 2. The van der Waals surface area contributed by atoms with Gasteiger partial charge in [-0.15, -0.1) is 0 Å². The van der Waals surface area contributed by atoms with Crippen LogP contribution in [0.25, 0.3) is 11.0 Å². The molecule has 1 aromatic carbocycles. The van der Waals surface area contributed by atoms with E-state index in [1.165, 1.54) is 12.4 Å².